The van der Waals surface area contributed by atoms with Gasteiger partial charge in [0, 0.05) is 15.9 Å². The molecule has 0 saturated heterocycles. The number of thiophene rings is 1. The smallest absolute Gasteiger partial charge is 0.407 e. The zero-order valence-electron chi connectivity index (χ0n) is 11.0. The number of halogens is 2. The van der Waals surface area contributed by atoms with E-state index in [4.69, 9.17) is 4.74 Å². The molecule has 1 N–H and O–H groups in total. The van der Waals surface area contributed by atoms with Crippen LogP contribution in [0.25, 0.3) is 6.08 Å². The van der Waals surface area contributed by atoms with Crippen molar-refractivity contribution in [2.75, 3.05) is 6.54 Å². The summed E-state index contributed by atoms with van der Waals surface area (Å²) in [6.45, 7) is 0.710. The van der Waals surface area contributed by atoms with Crippen LogP contribution in [0.15, 0.2) is 50.7 Å². The molecule has 1 amide bonds. The largest absolute Gasteiger partial charge is 0.445 e. The predicted octanol–water partition coefficient (Wildman–Crippen LogP) is 5.21. The van der Waals surface area contributed by atoms with Gasteiger partial charge in [0.05, 0.1) is 3.79 Å². The van der Waals surface area contributed by atoms with E-state index in [0.29, 0.717) is 6.54 Å². The zero-order chi connectivity index (χ0) is 15.1. The Hall–Kier alpha value is -1.11. The van der Waals surface area contributed by atoms with Gasteiger partial charge in [0.1, 0.15) is 6.61 Å². The third-order valence-electron chi connectivity index (χ3n) is 2.52. The number of carbonyl (C=O) groups excluding carboxylic acids is 1. The molecule has 1 aromatic carbocycles. The van der Waals surface area contributed by atoms with Gasteiger partial charge in [-0.05, 0) is 49.6 Å². The third-order valence-corrected chi connectivity index (χ3v) is 5.74. The lowest BCUT2D eigenvalue weighted by molar-refractivity contribution is 0.141. The van der Waals surface area contributed by atoms with E-state index in [9.17, 15) is 4.79 Å². The summed E-state index contributed by atoms with van der Waals surface area (Å²) in [5.41, 5.74) is 0.969. The molecule has 3 nitrogen and oxygen atoms in total. The van der Waals surface area contributed by atoms with Gasteiger partial charge in [-0.1, -0.05) is 36.4 Å². The van der Waals surface area contributed by atoms with E-state index in [1.807, 2.05) is 48.6 Å². The minimum Gasteiger partial charge on any atom is -0.445 e. The Morgan fingerprint density at radius 2 is 2.05 bits per heavy atom. The maximum Gasteiger partial charge on any atom is 0.407 e. The van der Waals surface area contributed by atoms with Gasteiger partial charge in [-0.15, -0.1) is 11.3 Å². The number of nitrogens with one attached hydrogen (secondary N) is 1. The fraction of sp³-hybridized carbons (Fsp3) is 0.133. The van der Waals surface area contributed by atoms with Gasteiger partial charge in [0.2, 0.25) is 0 Å². The number of rotatable bonds is 5. The van der Waals surface area contributed by atoms with Crippen LogP contribution in [0.1, 0.15) is 10.4 Å². The van der Waals surface area contributed by atoms with E-state index in [2.05, 4.69) is 37.2 Å². The van der Waals surface area contributed by atoms with Crippen LogP contribution in [0.5, 0.6) is 0 Å². The highest BCUT2D eigenvalue weighted by Gasteiger charge is 2.02. The van der Waals surface area contributed by atoms with E-state index >= 15 is 0 Å². The number of hydrogen-bond acceptors (Lipinski definition) is 3. The zero-order valence-corrected chi connectivity index (χ0v) is 15.0. The van der Waals surface area contributed by atoms with Crippen molar-refractivity contribution in [3.63, 3.8) is 0 Å². The quantitative estimate of drug-likeness (QED) is 0.706. The molecule has 1 aromatic heterocycles. The van der Waals surface area contributed by atoms with Gasteiger partial charge in [-0.25, -0.2) is 4.79 Å². The lowest BCUT2D eigenvalue weighted by atomic mass is 10.2. The summed E-state index contributed by atoms with van der Waals surface area (Å²) in [6, 6.07) is 11.6. The summed E-state index contributed by atoms with van der Waals surface area (Å²) >= 11 is 8.49. The van der Waals surface area contributed by atoms with E-state index in [0.717, 1.165) is 18.7 Å². The van der Waals surface area contributed by atoms with Crippen LogP contribution >= 0.6 is 43.2 Å². The average molecular weight is 431 g/mol. The molecule has 0 radical (unpaired) electrons. The Balaban J connectivity index is 1.69. The number of benzene rings is 1. The molecule has 0 aliphatic rings. The summed E-state index contributed by atoms with van der Waals surface area (Å²) < 4.78 is 7.19. The van der Waals surface area contributed by atoms with Crippen LogP contribution in [0.4, 0.5) is 4.79 Å². The van der Waals surface area contributed by atoms with Gasteiger partial charge >= 0.3 is 6.09 Å². The summed E-state index contributed by atoms with van der Waals surface area (Å²) in [5.74, 6) is 0. The van der Waals surface area contributed by atoms with Crippen molar-refractivity contribution < 1.29 is 9.53 Å². The van der Waals surface area contributed by atoms with Crippen molar-refractivity contribution in [3.05, 3.63) is 61.2 Å². The minimum atomic E-state index is -0.419. The molecule has 0 unspecified atom stereocenters. The number of carbonyl (C=O) groups is 1. The van der Waals surface area contributed by atoms with Gasteiger partial charge in [0.15, 0.2) is 0 Å². The highest BCUT2D eigenvalue weighted by atomic mass is 79.9. The van der Waals surface area contributed by atoms with Crippen molar-refractivity contribution in [3.8, 4) is 0 Å². The summed E-state index contributed by atoms with van der Waals surface area (Å²) in [5, 5.41) is 2.68. The SMILES string of the molecule is O=C(NCC=Cc1cc(Br)c(Br)s1)OCc1ccccc1. The molecule has 1 heterocycles. The van der Waals surface area contributed by atoms with Crippen LogP contribution in [0.2, 0.25) is 0 Å². The summed E-state index contributed by atoms with van der Waals surface area (Å²) in [4.78, 5) is 12.6. The molecule has 0 fully saturated rings. The standard InChI is InChI=1S/C15H13Br2NO2S/c16-13-9-12(21-14(13)17)7-4-8-18-15(19)20-10-11-5-2-1-3-6-11/h1-7,9H,8,10H2,(H,18,19). The molecule has 0 bridgehead atoms. The van der Waals surface area contributed by atoms with Crippen molar-refractivity contribution in [2.45, 2.75) is 6.61 Å². The Morgan fingerprint density at radius 3 is 2.71 bits per heavy atom. The maximum atomic E-state index is 11.5. The van der Waals surface area contributed by atoms with Crippen LogP contribution in [0.3, 0.4) is 0 Å². The first-order valence-corrected chi connectivity index (χ1v) is 8.61. The Morgan fingerprint density at radius 1 is 1.29 bits per heavy atom. The second-order valence-electron chi connectivity index (χ2n) is 4.12. The van der Waals surface area contributed by atoms with E-state index in [-0.39, 0.29) is 6.61 Å². The summed E-state index contributed by atoms with van der Waals surface area (Å²) in [6.07, 6.45) is 3.42. The Kier molecular flexibility index (Phi) is 6.48. The number of ether oxygens (including phenoxy) is 1. The van der Waals surface area contributed by atoms with Crippen LogP contribution in [-0.2, 0) is 11.3 Å². The van der Waals surface area contributed by atoms with E-state index < -0.39 is 6.09 Å². The van der Waals surface area contributed by atoms with Crippen molar-refractivity contribution in [1.29, 1.82) is 0 Å². The predicted molar refractivity (Wildman–Crippen MR) is 93.4 cm³/mol. The van der Waals surface area contributed by atoms with Gasteiger partial charge in [-0.3, -0.25) is 0 Å². The molecule has 0 spiro atoms. The fourth-order valence-electron chi connectivity index (χ4n) is 1.54. The van der Waals surface area contributed by atoms with Crippen LogP contribution < -0.4 is 5.32 Å². The first kappa shape index (κ1) is 16.3. The number of alkyl carbamates (subject to hydrolysis) is 1. The first-order valence-electron chi connectivity index (χ1n) is 6.21. The Labute approximate surface area is 144 Å². The van der Waals surface area contributed by atoms with Gasteiger partial charge in [-0.2, -0.15) is 0 Å². The summed E-state index contributed by atoms with van der Waals surface area (Å²) in [7, 11) is 0. The van der Waals surface area contributed by atoms with E-state index in [1.54, 1.807) is 11.3 Å². The fourth-order valence-corrected chi connectivity index (χ4v) is 3.56. The number of hydrogen-bond donors (Lipinski definition) is 1. The molecule has 0 aliphatic carbocycles. The maximum absolute atomic E-state index is 11.5. The monoisotopic (exact) mass is 429 g/mol. The molecule has 0 atom stereocenters. The second kappa shape index (κ2) is 8.36. The number of amides is 1. The molecular formula is C15H13Br2NO2S. The second-order valence-corrected chi connectivity index (χ2v) is 7.37. The Bertz CT molecular complexity index is 606. The molecule has 2 aromatic rings. The average Bonchev–Trinajstić information content (AvgIpc) is 2.81. The van der Waals surface area contributed by atoms with Crippen LogP contribution in [-0.4, -0.2) is 12.6 Å². The van der Waals surface area contributed by atoms with Crippen molar-refractivity contribution in [2.24, 2.45) is 0 Å². The van der Waals surface area contributed by atoms with Gasteiger partial charge in [0.25, 0.3) is 0 Å². The molecule has 21 heavy (non-hydrogen) atoms. The van der Waals surface area contributed by atoms with E-state index in [1.165, 1.54) is 0 Å². The topological polar surface area (TPSA) is 38.3 Å². The molecule has 0 saturated carbocycles. The highest BCUT2D eigenvalue weighted by molar-refractivity contribution is 9.13. The normalized spacial score (nSPS) is 10.8. The molecular weight excluding hydrogens is 418 g/mol. The molecule has 0 aliphatic heterocycles. The van der Waals surface area contributed by atoms with Crippen LogP contribution in [0, 0.1) is 0 Å². The molecule has 110 valence electrons. The van der Waals surface area contributed by atoms with Crippen molar-refractivity contribution >= 4 is 55.4 Å². The lowest BCUT2D eigenvalue weighted by Gasteiger charge is -2.04. The lowest BCUT2D eigenvalue weighted by Crippen LogP contribution is -2.24. The highest BCUT2D eigenvalue weighted by Crippen LogP contribution is 2.32. The third kappa shape index (κ3) is 5.65. The minimum absolute atomic E-state index is 0.279. The van der Waals surface area contributed by atoms with Crippen molar-refractivity contribution in [1.82, 2.24) is 5.32 Å². The molecule has 6 heteroatoms. The molecule has 2 rings (SSSR count). The van der Waals surface area contributed by atoms with Gasteiger partial charge < -0.3 is 10.1 Å². The first-order chi connectivity index (χ1) is 10.1.